The molecule has 1 aliphatic carbocycles. The maximum Gasteiger partial charge on any atom is 0.306 e. The minimum atomic E-state index is -1.58. The van der Waals surface area contributed by atoms with Gasteiger partial charge in [0.15, 0.2) is 0 Å². The van der Waals surface area contributed by atoms with Crippen LogP contribution in [0.3, 0.4) is 0 Å². The lowest BCUT2D eigenvalue weighted by Crippen LogP contribution is -2.41. The third-order valence-corrected chi connectivity index (χ3v) is 3.03. The summed E-state index contributed by atoms with van der Waals surface area (Å²) in [5.74, 6) is -2.49. The average Bonchev–Trinajstić information content (AvgIpc) is 2.51. The van der Waals surface area contributed by atoms with Crippen molar-refractivity contribution >= 4 is 11.9 Å². The van der Waals surface area contributed by atoms with E-state index >= 15 is 0 Å². The Morgan fingerprint density at radius 1 is 1.07 bits per heavy atom. The summed E-state index contributed by atoms with van der Waals surface area (Å²) in [6.07, 6.45) is 2.35. The highest BCUT2D eigenvalue weighted by atomic mass is 16.4. The van der Waals surface area contributed by atoms with Gasteiger partial charge in [0.25, 0.3) is 0 Å². The van der Waals surface area contributed by atoms with Crippen LogP contribution in [0.5, 0.6) is 0 Å². The second kappa shape index (κ2) is 4.61. The molecule has 0 amide bonds. The molecule has 0 aliphatic heterocycles. The van der Waals surface area contributed by atoms with Gasteiger partial charge in [-0.3, -0.25) is 9.59 Å². The van der Waals surface area contributed by atoms with Gasteiger partial charge in [0.05, 0.1) is 18.4 Å². The number of carboxylic acids is 2. The fraction of sp³-hybridized carbons (Fsp3) is 0.800. The van der Waals surface area contributed by atoms with Crippen LogP contribution >= 0.6 is 0 Å². The van der Waals surface area contributed by atoms with Crippen LogP contribution in [0.15, 0.2) is 0 Å². The summed E-state index contributed by atoms with van der Waals surface area (Å²) in [7, 11) is 0. The highest BCUT2D eigenvalue weighted by Crippen LogP contribution is 2.38. The Hall–Kier alpha value is -1.10. The van der Waals surface area contributed by atoms with Crippen molar-refractivity contribution in [3.8, 4) is 0 Å². The molecule has 3 N–H and O–H groups in total. The van der Waals surface area contributed by atoms with Crippen molar-refractivity contribution < 1.29 is 24.9 Å². The van der Waals surface area contributed by atoms with Gasteiger partial charge in [0.2, 0.25) is 0 Å². The molecule has 0 aromatic rings. The van der Waals surface area contributed by atoms with E-state index in [1.165, 1.54) is 0 Å². The van der Waals surface area contributed by atoms with E-state index in [9.17, 15) is 14.7 Å². The molecule has 0 aromatic carbocycles. The summed E-state index contributed by atoms with van der Waals surface area (Å²) in [5.41, 5.74) is -1.58. The fourth-order valence-corrected chi connectivity index (χ4v) is 2.34. The van der Waals surface area contributed by atoms with Gasteiger partial charge in [-0.25, -0.2) is 0 Å². The SMILES string of the molecule is O=C(O)CC(O)(CC(=O)O)C1CCCC1. The van der Waals surface area contributed by atoms with Crippen molar-refractivity contribution in [1.82, 2.24) is 0 Å². The first-order chi connectivity index (χ1) is 6.94. The predicted octanol–water partition coefficient (Wildman–Crippen LogP) is 0.857. The summed E-state index contributed by atoms with van der Waals surface area (Å²) in [5, 5.41) is 27.4. The standard InChI is InChI=1S/C10H16O5/c11-8(12)5-10(15,6-9(13)14)7-3-1-2-4-7/h7,15H,1-6H2,(H,11,12)(H,13,14). The average molecular weight is 216 g/mol. The van der Waals surface area contributed by atoms with Crippen molar-refractivity contribution in [1.29, 1.82) is 0 Å². The first-order valence-electron chi connectivity index (χ1n) is 5.10. The van der Waals surface area contributed by atoms with E-state index in [0.717, 1.165) is 25.7 Å². The molecule has 0 unspecified atom stereocenters. The molecule has 1 saturated carbocycles. The van der Waals surface area contributed by atoms with Crippen LogP contribution in [-0.2, 0) is 9.59 Å². The van der Waals surface area contributed by atoms with E-state index in [4.69, 9.17) is 10.2 Å². The van der Waals surface area contributed by atoms with Crippen LogP contribution in [0, 0.1) is 5.92 Å². The number of hydrogen-bond acceptors (Lipinski definition) is 3. The summed E-state index contributed by atoms with van der Waals surface area (Å²) >= 11 is 0. The largest absolute Gasteiger partial charge is 0.481 e. The molecule has 0 atom stereocenters. The lowest BCUT2D eigenvalue weighted by atomic mass is 9.81. The second-order valence-electron chi connectivity index (χ2n) is 4.23. The van der Waals surface area contributed by atoms with Gasteiger partial charge in [-0.1, -0.05) is 12.8 Å². The molecule has 5 heteroatoms. The molecular formula is C10H16O5. The van der Waals surface area contributed by atoms with E-state index in [1.807, 2.05) is 0 Å². The first kappa shape index (κ1) is 12.0. The molecular weight excluding hydrogens is 200 g/mol. The molecule has 1 fully saturated rings. The molecule has 86 valence electrons. The van der Waals surface area contributed by atoms with Gasteiger partial charge in [-0.15, -0.1) is 0 Å². The topological polar surface area (TPSA) is 94.8 Å². The summed E-state index contributed by atoms with van der Waals surface area (Å²) in [6.45, 7) is 0. The van der Waals surface area contributed by atoms with Gasteiger partial charge in [0.1, 0.15) is 0 Å². The Morgan fingerprint density at radius 3 is 1.80 bits per heavy atom. The van der Waals surface area contributed by atoms with E-state index in [1.54, 1.807) is 0 Å². The maximum absolute atomic E-state index is 10.6. The minimum Gasteiger partial charge on any atom is -0.481 e. The number of aliphatic hydroxyl groups is 1. The van der Waals surface area contributed by atoms with E-state index in [2.05, 4.69) is 0 Å². The third-order valence-electron chi connectivity index (χ3n) is 3.03. The van der Waals surface area contributed by atoms with Crippen LogP contribution < -0.4 is 0 Å². The Labute approximate surface area is 87.7 Å². The Bertz CT molecular complexity index is 239. The zero-order chi connectivity index (χ0) is 11.5. The van der Waals surface area contributed by atoms with Crippen LogP contribution in [-0.4, -0.2) is 32.9 Å². The van der Waals surface area contributed by atoms with E-state index < -0.39 is 30.4 Å². The van der Waals surface area contributed by atoms with E-state index in [-0.39, 0.29) is 5.92 Å². The highest BCUT2D eigenvalue weighted by molar-refractivity contribution is 5.72. The molecule has 0 saturated heterocycles. The van der Waals surface area contributed by atoms with Crippen LogP contribution in [0.1, 0.15) is 38.5 Å². The van der Waals surface area contributed by atoms with Crippen LogP contribution in [0.4, 0.5) is 0 Å². The van der Waals surface area contributed by atoms with E-state index in [0.29, 0.717) is 0 Å². The zero-order valence-electron chi connectivity index (χ0n) is 8.48. The normalized spacial score (nSPS) is 17.9. The van der Waals surface area contributed by atoms with Crippen molar-refractivity contribution in [2.24, 2.45) is 5.92 Å². The number of carboxylic acid groups (broad SMARTS) is 2. The highest BCUT2D eigenvalue weighted by Gasteiger charge is 2.41. The number of rotatable bonds is 5. The molecule has 5 nitrogen and oxygen atoms in total. The smallest absolute Gasteiger partial charge is 0.306 e. The zero-order valence-corrected chi connectivity index (χ0v) is 8.48. The van der Waals surface area contributed by atoms with Gasteiger partial charge in [-0.05, 0) is 18.8 Å². The maximum atomic E-state index is 10.6. The Kier molecular flexibility index (Phi) is 3.68. The molecule has 0 heterocycles. The molecule has 0 bridgehead atoms. The minimum absolute atomic E-state index is 0.190. The molecule has 1 aliphatic rings. The lowest BCUT2D eigenvalue weighted by Gasteiger charge is -2.31. The molecule has 0 spiro atoms. The fourth-order valence-electron chi connectivity index (χ4n) is 2.34. The van der Waals surface area contributed by atoms with Crippen molar-refractivity contribution in [3.05, 3.63) is 0 Å². The van der Waals surface area contributed by atoms with Crippen molar-refractivity contribution in [2.45, 2.75) is 44.1 Å². The van der Waals surface area contributed by atoms with Crippen molar-refractivity contribution in [3.63, 3.8) is 0 Å². The quantitative estimate of drug-likeness (QED) is 0.633. The summed E-state index contributed by atoms with van der Waals surface area (Å²) in [6, 6.07) is 0. The van der Waals surface area contributed by atoms with Crippen LogP contribution in [0.2, 0.25) is 0 Å². The van der Waals surface area contributed by atoms with Gasteiger partial charge >= 0.3 is 11.9 Å². The first-order valence-corrected chi connectivity index (χ1v) is 5.10. The Balaban J connectivity index is 2.73. The number of aliphatic carboxylic acids is 2. The third kappa shape index (κ3) is 3.20. The van der Waals surface area contributed by atoms with Gasteiger partial charge in [-0.2, -0.15) is 0 Å². The van der Waals surface area contributed by atoms with Crippen LogP contribution in [0.25, 0.3) is 0 Å². The second-order valence-corrected chi connectivity index (χ2v) is 4.23. The summed E-state index contributed by atoms with van der Waals surface area (Å²) in [4.78, 5) is 21.2. The molecule has 0 aromatic heterocycles. The van der Waals surface area contributed by atoms with Gasteiger partial charge in [0, 0.05) is 0 Å². The monoisotopic (exact) mass is 216 g/mol. The summed E-state index contributed by atoms with van der Waals surface area (Å²) < 4.78 is 0. The molecule has 0 radical (unpaired) electrons. The predicted molar refractivity (Wildman–Crippen MR) is 51.4 cm³/mol. The number of carbonyl (C=O) groups is 2. The molecule has 1 rings (SSSR count). The van der Waals surface area contributed by atoms with Gasteiger partial charge < -0.3 is 15.3 Å². The number of hydrogen-bond donors (Lipinski definition) is 3. The molecule has 15 heavy (non-hydrogen) atoms. The van der Waals surface area contributed by atoms with Crippen molar-refractivity contribution in [2.75, 3.05) is 0 Å². The Morgan fingerprint density at radius 2 is 1.47 bits per heavy atom. The lowest BCUT2D eigenvalue weighted by molar-refractivity contribution is -0.152.